The van der Waals surface area contributed by atoms with Crippen LogP contribution in [0.15, 0.2) is 27.6 Å². The molecule has 0 aromatic heterocycles. The molecule has 0 unspecified atom stereocenters. The van der Waals surface area contributed by atoms with Crippen molar-refractivity contribution >= 4 is 26.0 Å². The third-order valence-electron chi connectivity index (χ3n) is 3.84. The highest BCUT2D eigenvalue weighted by molar-refractivity contribution is 9.10. The second kappa shape index (κ2) is 7.72. The van der Waals surface area contributed by atoms with Crippen LogP contribution in [-0.2, 0) is 16.6 Å². The third kappa shape index (κ3) is 4.77. The number of sulfonamides is 1. The molecule has 0 aliphatic heterocycles. The quantitative estimate of drug-likeness (QED) is 0.778. The van der Waals surface area contributed by atoms with Crippen molar-refractivity contribution in [3.05, 3.63) is 28.2 Å². The van der Waals surface area contributed by atoms with E-state index in [0.29, 0.717) is 9.37 Å². The Morgan fingerprint density at radius 3 is 2.43 bits per heavy atom. The lowest BCUT2D eigenvalue weighted by Crippen LogP contribution is -2.34. The van der Waals surface area contributed by atoms with Crippen LogP contribution in [0.25, 0.3) is 0 Å². The van der Waals surface area contributed by atoms with Crippen molar-refractivity contribution in [1.82, 2.24) is 10.0 Å². The van der Waals surface area contributed by atoms with E-state index in [2.05, 4.69) is 26.0 Å². The zero-order valence-corrected chi connectivity index (χ0v) is 14.8. The molecular weight excluding hydrogens is 352 g/mol. The number of halogens is 1. The standard InChI is InChI=1S/C15H23BrN2O2S/c1-17-11-12-8-9-15(14(16)10-12)21(19,20)18-13-6-4-2-3-5-7-13/h8-10,13,17-18H,2-7,11H2,1H3. The molecular formula is C15H23BrN2O2S. The number of hydrogen-bond acceptors (Lipinski definition) is 3. The molecule has 0 atom stereocenters. The third-order valence-corrected chi connectivity index (χ3v) is 6.34. The highest BCUT2D eigenvalue weighted by Crippen LogP contribution is 2.25. The lowest BCUT2D eigenvalue weighted by atomic mass is 10.1. The van der Waals surface area contributed by atoms with E-state index in [1.165, 1.54) is 12.8 Å². The average molecular weight is 375 g/mol. The molecule has 4 nitrogen and oxygen atoms in total. The molecule has 2 N–H and O–H groups in total. The van der Waals surface area contributed by atoms with Crippen molar-refractivity contribution in [3.63, 3.8) is 0 Å². The van der Waals surface area contributed by atoms with E-state index >= 15 is 0 Å². The van der Waals surface area contributed by atoms with Crippen LogP contribution in [0, 0.1) is 0 Å². The molecule has 2 rings (SSSR count). The maximum atomic E-state index is 12.5. The fourth-order valence-corrected chi connectivity index (χ4v) is 5.19. The summed E-state index contributed by atoms with van der Waals surface area (Å²) in [6, 6.07) is 5.46. The van der Waals surface area contributed by atoms with Gasteiger partial charge in [-0.25, -0.2) is 13.1 Å². The number of nitrogens with one attached hydrogen (secondary N) is 2. The van der Waals surface area contributed by atoms with Gasteiger partial charge in [0.15, 0.2) is 0 Å². The summed E-state index contributed by atoms with van der Waals surface area (Å²) in [5.74, 6) is 0. The minimum atomic E-state index is -3.46. The van der Waals surface area contributed by atoms with E-state index in [4.69, 9.17) is 0 Å². The first-order valence-corrected chi connectivity index (χ1v) is 9.76. The van der Waals surface area contributed by atoms with Crippen LogP contribution in [0.1, 0.15) is 44.1 Å². The summed E-state index contributed by atoms with van der Waals surface area (Å²) in [5, 5.41) is 3.06. The second-order valence-electron chi connectivity index (χ2n) is 5.60. The van der Waals surface area contributed by atoms with Gasteiger partial charge in [-0.3, -0.25) is 0 Å². The van der Waals surface area contributed by atoms with Crippen LogP contribution in [-0.4, -0.2) is 21.5 Å². The highest BCUT2D eigenvalue weighted by Gasteiger charge is 2.23. The van der Waals surface area contributed by atoms with Crippen LogP contribution in [0.2, 0.25) is 0 Å². The van der Waals surface area contributed by atoms with Gasteiger partial charge in [-0.15, -0.1) is 0 Å². The fraction of sp³-hybridized carbons (Fsp3) is 0.600. The Kier molecular flexibility index (Phi) is 6.22. The van der Waals surface area contributed by atoms with Gasteiger partial charge >= 0.3 is 0 Å². The molecule has 21 heavy (non-hydrogen) atoms. The van der Waals surface area contributed by atoms with Crippen molar-refractivity contribution < 1.29 is 8.42 Å². The van der Waals surface area contributed by atoms with Crippen LogP contribution in [0.4, 0.5) is 0 Å². The van der Waals surface area contributed by atoms with Gasteiger partial charge in [0.2, 0.25) is 10.0 Å². The highest BCUT2D eigenvalue weighted by atomic mass is 79.9. The van der Waals surface area contributed by atoms with Crippen molar-refractivity contribution in [1.29, 1.82) is 0 Å². The maximum absolute atomic E-state index is 12.5. The van der Waals surface area contributed by atoms with Gasteiger partial charge in [0.1, 0.15) is 0 Å². The summed E-state index contributed by atoms with van der Waals surface area (Å²) in [7, 11) is -1.59. The molecule has 0 radical (unpaired) electrons. The molecule has 0 bridgehead atoms. The van der Waals surface area contributed by atoms with Crippen LogP contribution >= 0.6 is 15.9 Å². The Morgan fingerprint density at radius 1 is 1.19 bits per heavy atom. The van der Waals surface area contributed by atoms with Gasteiger partial charge < -0.3 is 5.32 Å². The van der Waals surface area contributed by atoms with Gasteiger partial charge in [-0.2, -0.15) is 0 Å². The first-order valence-electron chi connectivity index (χ1n) is 7.48. The van der Waals surface area contributed by atoms with Crippen LogP contribution in [0.5, 0.6) is 0 Å². The van der Waals surface area contributed by atoms with Crippen molar-refractivity contribution in [3.8, 4) is 0 Å². The molecule has 6 heteroatoms. The van der Waals surface area contributed by atoms with Gasteiger partial charge in [0.25, 0.3) is 0 Å². The van der Waals surface area contributed by atoms with E-state index < -0.39 is 10.0 Å². The Bertz CT molecular complexity index is 567. The largest absolute Gasteiger partial charge is 0.316 e. The van der Waals surface area contributed by atoms with Crippen molar-refractivity contribution in [2.75, 3.05) is 7.05 Å². The summed E-state index contributed by atoms with van der Waals surface area (Å²) in [4.78, 5) is 0.326. The topological polar surface area (TPSA) is 58.2 Å². The average Bonchev–Trinajstić information content (AvgIpc) is 2.67. The minimum absolute atomic E-state index is 0.0707. The monoisotopic (exact) mass is 374 g/mol. The van der Waals surface area contributed by atoms with E-state index in [1.54, 1.807) is 6.07 Å². The number of hydrogen-bond donors (Lipinski definition) is 2. The second-order valence-corrected chi connectivity index (χ2v) is 8.14. The summed E-state index contributed by atoms with van der Waals surface area (Å²) in [6.45, 7) is 0.717. The minimum Gasteiger partial charge on any atom is -0.316 e. The summed E-state index contributed by atoms with van der Waals surface area (Å²) in [5.41, 5.74) is 1.05. The predicted molar refractivity (Wildman–Crippen MR) is 88.7 cm³/mol. The molecule has 1 aromatic rings. The van der Waals surface area contributed by atoms with Crippen molar-refractivity contribution in [2.45, 2.75) is 56.0 Å². The van der Waals surface area contributed by atoms with Gasteiger partial charge in [-0.05, 0) is 53.5 Å². The normalized spacial score (nSPS) is 17.6. The molecule has 0 saturated heterocycles. The first-order chi connectivity index (χ1) is 10.0. The van der Waals surface area contributed by atoms with Crippen molar-refractivity contribution in [2.24, 2.45) is 0 Å². The predicted octanol–water partition coefficient (Wildman–Crippen LogP) is 3.17. The zero-order chi connectivity index (χ0) is 15.3. The summed E-state index contributed by atoms with van der Waals surface area (Å²) in [6.07, 6.45) is 6.51. The Balaban J connectivity index is 2.14. The zero-order valence-electron chi connectivity index (χ0n) is 12.4. The lowest BCUT2D eigenvalue weighted by molar-refractivity contribution is 0.509. The summed E-state index contributed by atoms with van der Waals surface area (Å²) >= 11 is 3.39. The molecule has 0 amide bonds. The molecule has 0 spiro atoms. The van der Waals surface area contributed by atoms with E-state index in [0.717, 1.165) is 37.8 Å². The van der Waals surface area contributed by atoms with Gasteiger partial charge in [-0.1, -0.05) is 31.7 Å². The molecule has 1 fully saturated rings. The molecule has 1 saturated carbocycles. The number of rotatable bonds is 5. The van der Waals surface area contributed by atoms with Crippen LogP contribution < -0.4 is 10.0 Å². The Hall–Kier alpha value is -0.430. The van der Waals surface area contributed by atoms with E-state index in [1.807, 2.05) is 19.2 Å². The first kappa shape index (κ1) is 16.9. The Morgan fingerprint density at radius 2 is 1.86 bits per heavy atom. The molecule has 118 valence electrons. The molecule has 0 heterocycles. The molecule has 1 aromatic carbocycles. The smallest absolute Gasteiger partial charge is 0.241 e. The number of benzene rings is 1. The summed E-state index contributed by atoms with van der Waals surface area (Å²) < 4.78 is 28.6. The lowest BCUT2D eigenvalue weighted by Gasteiger charge is -2.17. The van der Waals surface area contributed by atoms with Gasteiger partial charge in [0.05, 0.1) is 4.90 Å². The van der Waals surface area contributed by atoms with Crippen LogP contribution in [0.3, 0.4) is 0 Å². The Labute approximate surface area is 135 Å². The van der Waals surface area contributed by atoms with E-state index in [-0.39, 0.29) is 6.04 Å². The molecule has 1 aliphatic carbocycles. The van der Waals surface area contributed by atoms with E-state index in [9.17, 15) is 8.42 Å². The SMILES string of the molecule is CNCc1ccc(S(=O)(=O)NC2CCCCCC2)c(Br)c1. The van der Waals surface area contributed by atoms with Gasteiger partial charge in [0, 0.05) is 17.1 Å². The maximum Gasteiger partial charge on any atom is 0.241 e. The molecule has 1 aliphatic rings. The fourth-order valence-electron chi connectivity index (χ4n) is 2.76.